The van der Waals surface area contributed by atoms with E-state index < -0.39 is 0 Å². The highest BCUT2D eigenvalue weighted by atomic mass is 35.5. The van der Waals surface area contributed by atoms with E-state index in [0.717, 1.165) is 40.6 Å². The molecule has 1 amide bonds. The summed E-state index contributed by atoms with van der Waals surface area (Å²) >= 11 is 6.20. The zero-order valence-corrected chi connectivity index (χ0v) is 12.1. The van der Waals surface area contributed by atoms with Crippen molar-refractivity contribution in [3.8, 4) is 0 Å². The van der Waals surface area contributed by atoms with Crippen LogP contribution in [0.2, 0.25) is 5.02 Å². The molecule has 0 bridgehead atoms. The lowest BCUT2D eigenvalue weighted by Gasteiger charge is -2.15. The Hall–Kier alpha value is -1.58. The second-order valence-electron chi connectivity index (χ2n) is 5.00. The molecule has 1 unspecified atom stereocenters. The van der Waals surface area contributed by atoms with Gasteiger partial charge in [0.2, 0.25) is 5.91 Å². The van der Waals surface area contributed by atoms with Crippen LogP contribution in [0.25, 0.3) is 10.8 Å². The molecular formula is C16H19ClN2O. The van der Waals surface area contributed by atoms with E-state index in [0.29, 0.717) is 6.42 Å². The van der Waals surface area contributed by atoms with Gasteiger partial charge in [-0.2, -0.15) is 0 Å². The fraction of sp³-hybridized carbons (Fsp3) is 0.312. The Morgan fingerprint density at radius 3 is 2.50 bits per heavy atom. The Morgan fingerprint density at radius 1 is 1.10 bits per heavy atom. The lowest BCUT2D eigenvalue weighted by atomic mass is 9.95. The number of rotatable bonds is 6. The number of hydrogen-bond acceptors (Lipinski definition) is 2. The van der Waals surface area contributed by atoms with Gasteiger partial charge in [-0.1, -0.05) is 48.4 Å². The molecule has 0 aliphatic rings. The zero-order chi connectivity index (χ0) is 14.5. The second kappa shape index (κ2) is 6.73. The summed E-state index contributed by atoms with van der Waals surface area (Å²) in [5, 5.41) is 2.87. The van der Waals surface area contributed by atoms with Gasteiger partial charge in [0.25, 0.3) is 0 Å². The fourth-order valence-electron chi connectivity index (χ4n) is 2.43. The highest BCUT2D eigenvalue weighted by molar-refractivity contribution is 6.35. The maximum Gasteiger partial charge on any atom is 0.217 e. The van der Waals surface area contributed by atoms with Crippen molar-refractivity contribution in [1.29, 1.82) is 0 Å². The zero-order valence-electron chi connectivity index (χ0n) is 11.3. The smallest absolute Gasteiger partial charge is 0.217 e. The maximum absolute atomic E-state index is 10.7. The first kappa shape index (κ1) is 14.8. The third kappa shape index (κ3) is 3.50. The number of carbonyl (C=O) groups excluding carboxylic acids is 1. The number of benzene rings is 2. The highest BCUT2D eigenvalue weighted by Gasteiger charge is 2.11. The van der Waals surface area contributed by atoms with E-state index in [2.05, 4.69) is 0 Å². The van der Waals surface area contributed by atoms with Crippen LogP contribution in [-0.2, 0) is 4.79 Å². The number of unbranched alkanes of at least 4 members (excludes halogenated alkanes) is 1. The van der Waals surface area contributed by atoms with E-state index in [1.165, 1.54) is 0 Å². The number of hydrogen-bond donors (Lipinski definition) is 2. The molecule has 0 saturated heterocycles. The molecule has 2 aromatic rings. The average molecular weight is 291 g/mol. The van der Waals surface area contributed by atoms with Crippen molar-refractivity contribution in [2.24, 2.45) is 11.5 Å². The molecule has 0 spiro atoms. The van der Waals surface area contributed by atoms with Crippen molar-refractivity contribution in [2.45, 2.75) is 31.7 Å². The summed E-state index contributed by atoms with van der Waals surface area (Å²) in [5.74, 6) is -0.254. The molecule has 20 heavy (non-hydrogen) atoms. The minimum Gasteiger partial charge on any atom is -0.370 e. The molecule has 3 nitrogen and oxygen atoms in total. The molecule has 0 aliphatic carbocycles. The van der Waals surface area contributed by atoms with E-state index >= 15 is 0 Å². The summed E-state index contributed by atoms with van der Waals surface area (Å²) in [6, 6.07) is 11.8. The van der Waals surface area contributed by atoms with Crippen LogP contribution in [0, 0.1) is 0 Å². The van der Waals surface area contributed by atoms with Crippen LogP contribution in [-0.4, -0.2) is 5.91 Å². The van der Waals surface area contributed by atoms with Crippen molar-refractivity contribution < 1.29 is 4.79 Å². The molecule has 4 heteroatoms. The van der Waals surface area contributed by atoms with E-state index in [9.17, 15) is 4.79 Å². The van der Waals surface area contributed by atoms with Crippen molar-refractivity contribution in [3.05, 3.63) is 47.0 Å². The van der Waals surface area contributed by atoms with Crippen LogP contribution in [0.1, 0.15) is 37.3 Å². The Balaban J connectivity index is 2.12. The van der Waals surface area contributed by atoms with Crippen molar-refractivity contribution in [2.75, 3.05) is 0 Å². The molecule has 2 rings (SSSR count). The number of fused-ring (bicyclic) bond motifs is 1. The van der Waals surface area contributed by atoms with Crippen LogP contribution in [0.4, 0.5) is 0 Å². The van der Waals surface area contributed by atoms with E-state index in [4.69, 9.17) is 23.1 Å². The first-order valence-electron chi connectivity index (χ1n) is 6.80. The Bertz CT molecular complexity index is 612. The lowest BCUT2D eigenvalue weighted by molar-refractivity contribution is -0.118. The summed E-state index contributed by atoms with van der Waals surface area (Å²) in [6.45, 7) is 0. The molecule has 0 heterocycles. The largest absolute Gasteiger partial charge is 0.370 e. The Kier molecular flexibility index (Phi) is 4.99. The van der Waals surface area contributed by atoms with Crippen LogP contribution in [0.15, 0.2) is 36.4 Å². The summed E-state index contributed by atoms with van der Waals surface area (Å²) in [5.41, 5.74) is 12.5. The quantitative estimate of drug-likeness (QED) is 0.799. The molecule has 106 valence electrons. The minimum absolute atomic E-state index is 0.0509. The van der Waals surface area contributed by atoms with E-state index in [1.54, 1.807) is 0 Å². The second-order valence-corrected chi connectivity index (χ2v) is 5.41. The van der Waals surface area contributed by atoms with Gasteiger partial charge < -0.3 is 11.5 Å². The predicted molar refractivity (Wildman–Crippen MR) is 83.5 cm³/mol. The summed E-state index contributed by atoms with van der Waals surface area (Å²) < 4.78 is 0. The van der Waals surface area contributed by atoms with Gasteiger partial charge in [0.05, 0.1) is 0 Å². The van der Waals surface area contributed by atoms with Crippen molar-refractivity contribution in [3.63, 3.8) is 0 Å². The average Bonchev–Trinajstić information content (AvgIpc) is 2.44. The molecule has 0 aromatic heterocycles. The number of carbonyl (C=O) groups is 1. The number of nitrogens with two attached hydrogens (primary N) is 2. The molecule has 2 aromatic carbocycles. The maximum atomic E-state index is 10.7. The monoisotopic (exact) mass is 290 g/mol. The molecular weight excluding hydrogens is 272 g/mol. The third-order valence-corrected chi connectivity index (χ3v) is 3.82. The van der Waals surface area contributed by atoms with Crippen LogP contribution in [0.5, 0.6) is 0 Å². The van der Waals surface area contributed by atoms with Gasteiger partial charge in [-0.3, -0.25) is 4.79 Å². The first-order chi connectivity index (χ1) is 9.59. The molecule has 1 atom stereocenters. The molecule has 0 aliphatic heterocycles. The van der Waals surface area contributed by atoms with Gasteiger partial charge >= 0.3 is 0 Å². The van der Waals surface area contributed by atoms with E-state index in [-0.39, 0.29) is 11.9 Å². The van der Waals surface area contributed by atoms with Crippen LogP contribution in [0.3, 0.4) is 0 Å². The molecule has 0 radical (unpaired) electrons. The normalized spacial score (nSPS) is 12.5. The number of halogens is 1. The van der Waals surface area contributed by atoms with Gasteiger partial charge in [-0.25, -0.2) is 0 Å². The predicted octanol–water partition coefficient (Wildman–Crippen LogP) is 3.54. The Labute approximate surface area is 123 Å². The molecule has 4 N–H and O–H groups in total. The van der Waals surface area contributed by atoms with Gasteiger partial charge in [0.1, 0.15) is 0 Å². The van der Waals surface area contributed by atoms with Gasteiger partial charge in [-0.05, 0) is 29.9 Å². The lowest BCUT2D eigenvalue weighted by Crippen LogP contribution is -2.12. The molecule has 0 saturated carbocycles. The van der Waals surface area contributed by atoms with Gasteiger partial charge in [-0.15, -0.1) is 0 Å². The first-order valence-corrected chi connectivity index (χ1v) is 7.18. The summed E-state index contributed by atoms with van der Waals surface area (Å²) in [6.07, 6.45) is 2.93. The molecule has 0 fully saturated rings. The SMILES string of the molecule is NC(=O)CCCCC(N)c1ccc(Cl)c2ccccc12. The fourth-order valence-corrected chi connectivity index (χ4v) is 2.66. The third-order valence-electron chi connectivity index (χ3n) is 3.49. The Morgan fingerprint density at radius 2 is 1.80 bits per heavy atom. The van der Waals surface area contributed by atoms with Gasteiger partial charge in [0, 0.05) is 22.9 Å². The standard InChI is InChI=1S/C16H19ClN2O/c17-14-10-9-13(11-5-1-2-6-12(11)14)15(18)7-3-4-8-16(19)20/h1-2,5-6,9-10,15H,3-4,7-8,18H2,(H2,19,20). The van der Waals surface area contributed by atoms with Gasteiger partial charge in [0.15, 0.2) is 0 Å². The highest BCUT2D eigenvalue weighted by Crippen LogP contribution is 2.30. The number of primary amides is 1. The van der Waals surface area contributed by atoms with Crippen molar-refractivity contribution >= 4 is 28.3 Å². The van der Waals surface area contributed by atoms with Crippen LogP contribution >= 0.6 is 11.6 Å². The van der Waals surface area contributed by atoms with E-state index in [1.807, 2.05) is 36.4 Å². The summed E-state index contributed by atoms with van der Waals surface area (Å²) in [4.78, 5) is 10.7. The minimum atomic E-state index is -0.254. The number of amides is 1. The van der Waals surface area contributed by atoms with Crippen LogP contribution < -0.4 is 11.5 Å². The van der Waals surface area contributed by atoms with Crippen molar-refractivity contribution in [1.82, 2.24) is 0 Å². The summed E-state index contributed by atoms with van der Waals surface area (Å²) in [7, 11) is 0. The topological polar surface area (TPSA) is 69.1 Å².